The minimum absolute atomic E-state index is 0.189. The van der Waals surface area contributed by atoms with Gasteiger partial charge in [0.2, 0.25) is 0 Å². The van der Waals surface area contributed by atoms with Gasteiger partial charge in [-0.1, -0.05) is 24.3 Å². The molecule has 1 fully saturated rings. The number of nitrogens with zero attached hydrogens (tertiary/aromatic N) is 1. The van der Waals surface area contributed by atoms with Crippen LogP contribution in [0, 0.1) is 6.92 Å². The molecule has 1 amide bonds. The third-order valence-electron chi connectivity index (χ3n) is 3.21. The van der Waals surface area contributed by atoms with Crippen LogP contribution in [0.15, 0.2) is 24.3 Å². The van der Waals surface area contributed by atoms with Crippen molar-refractivity contribution < 1.29 is 9.53 Å². The van der Waals surface area contributed by atoms with Crippen molar-refractivity contribution in [1.29, 1.82) is 0 Å². The van der Waals surface area contributed by atoms with Gasteiger partial charge in [-0.05, 0) is 30.9 Å². The molecule has 0 radical (unpaired) electrons. The van der Waals surface area contributed by atoms with Crippen LogP contribution >= 0.6 is 0 Å². The predicted molar refractivity (Wildman–Crippen MR) is 62.3 cm³/mol. The van der Waals surface area contributed by atoms with E-state index >= 15 is 0 Å². The summed E-state index contributed by atoms with van der Waals surface area (Å²) in [5.74, 6) is 0. The molecular weight excluding hydrogens is 202 g/mol. The normalized spacial score (nSPS) is 19.9. The second-order valence-electron chi connectivity index (χ2n) is 4.18. The third-order valence-corrected chi connectivity index (χ3v) is 3.21. The fourth-order valence-electron chi connectivity index (χ4n) is 2.39. The van der Waals surface area contributed by atoms with E-state index < -0.39 is 0 Å². The van der Waals surface area contributed by atoms with E-state index in [9.17, 15) is 4.79 Å². The molecule has 1 saturated heterocycles. The highest BCUT2D eigenvalue weighted by Gasteiger charge is 2.31. The molecule has 0 N–H and O–H groups in total. The summed E-state index contributed by atoms with van der Waals surface area (Å²) in [4.78, 5) is 13.4. The maximum atomic E-state index is 11.6. The zero-order chi connectivity index (χ0) is 11.5. The molecule has 3 heteroatoms. The lowest BCUT2D eigenvalue weighted by Crippen LogP contribution is -2.30. The summed E-state index contributed by atoms with van der Waals surface area (Å²) in [6.07, 6.45) is 1.86. The molecule has 1 aliphatic rings. The first kappa shape index (κ1) is 11.0. The van der Waals surface area contributed by atoms with Crippen molar-refractivity contribution in [3.8, 4) is 0 Å². The Morgan fingerprint density at radius 3 is 2.88 bits per heavy atom. The summed E-state index contributed by atoms with van der Waals surface area (Å²) in [6.45, 7) is 2.88. The molecule has 1 atom stereocenters. The average Bonchev–Trinajstić information content (AvgIpc) is 2.77. The topological polar surface area (TPSA) is 29.5 Å². The molecule has 16 heavy (non-hydrogen) atoms. The van der Waals surface area contributed by atoms with Gasteiger partial charge >= 0.3 is 6.09 Å². The Kier molecular flexibility index (Phi) is 3.13. The molecule has 1 aliphatic heterocycles. The zero-order valence-electron chi connectivity index (χ0n) is 9.77. The van der Waals surface area contributed by atoms with E-state index in [0.717, 1.165) is 19.4 Å². The number of amides is 1. The van der Waals surface area contributed by atoms with Gasteiger partial charge in [0, 0.05) is 6.54 Å². The van der Waals surface area contributed by atoms with Crippen LogP contribution in [-0.2, 0) is 4.74 Å². The summed E-state index contributed by atoms with van der Waals surface area (Å²) in [5.41, 5.74) is 2.48. The number of methoxy groups -OCH3 is 1. The van der Waals surface area contributed by atoms with E-state index in [1.165, 1.54) is 18.2 Å². The van der Waals surface area contributed by atoms with Crippen molar-refractivity contribution in [1.82, 2.24) is 4.90 Å². The number of hydrogen-bond donors (Lipinski definition) is 0. The van der Waals surface area contributed by atoms with Crippen LogP contribution in [-0.4, -0.2) is 24.6 Å². The van der Waals surface area contributed by atoms with Crippen LogP contribution in [0.2, 0.25) is 0 Å². The Hall–Kier alpha value is -1.51. The van der Waals surface area contributed by atoms with Gasteiger partial charge in [0.05, 0.1) is 13.2 Å². The molecule has 0 aliphatic carbocycles. The van der Waals surface area contributed by atoms with Crippen molar-refractivity contribution in [2.45, 2.75) is 25.8 Å². The zero-order valence-corrected chi connectivity index (χ0v) is 9.77. The van der Waals surface area contributed by atoms with E-state index in [-0.39, 0.29) is 12.1 Å². The van der Waals surface area contributed by atoms with E-state index in [2.05, 4.69) is 19.1 Å². The second kappa shape index (κ2) is 4.56. The number of likely N-dealkylation sites (tertiary alicyclic amines) is 1. The Morgan fingerprint density at radius 1 is 1.44 bits per heavy atom. The van der Waals surface area contributed by atoms with Crippen molar-refractivity contribution >= 4 is 6.09 Å². The van der Waals surface area contributed by atoms with Crippen molar-refractivity contribution in [3.05, 3.63) is 35.4 Å². The maximum Gasteiger partial charge on any atom is 0.409 e. The minimum atomic E-state index is -0.217. The van der Waals surface area contributed by atoms with E-state index in [1.54, 1.807) is 0 Å². The summed E-state index contributed by atoms with van der Waals surface area (Å²) in [6, 6.07) is 8.42. The highest BCUT2D eigenvalue weighted by Crippen LogP contribution is 2.33. The highest BCUT2D eigenvalue weighted by molar-refractivity contribution is 5.68. The summed E-state index contributed by atoms with van der Waals surface area (Å²) >= 11 is 0. The number of rotatable bonds is 1. The average molecular weight is 219 g/mol. The molecule has 3 nitrogen and oxygen atoms in total. The molecule has 1 unspecified atom stereocenters. The molecule has 0 spiro atoms. The van der Waals surface area contributed by atoms with Gasteiger partial charge in [-0.25, -0.2) is 4.79 Å². The van der Waals surface area contributed by atoms with Crippen LogP contribution < -0.4 is 0 Å². The van der Waals surface area contributed by atoms with E-state index in [4.69, 9.17) is 4.74 Å². The Balaban J connectivity index is 2.27. The quantitative estimate of drug-likeness (QED) is 0.726. The number of aryl methyl sites for hydroxylation is 1. The van der Waals surface area contributed by atoms with E-state index in [0.29, 0.717) is 0 Å². The van der Waals surface area contributed by atoms with Crippen LogP contribution in [0.5, 0.6) is 0 Å². The summed E-state index contributed by atoms with van der Waals surface area (Å²) in [7, 11) is 1.44. The lowest BCUT2D eigenvalue weighted by molar-refractivity contribution is 0.119. The molecule has 2 rings (SSSR count). The first-order valence-electron chi connectivity index (χ1n) is 5.64. The van der Waals surface area contributed by atoms with Crippen molar-refractivity contribution in [2.24, 2.45) is 0 Å². The Labute approximate surface area is 96.0 Å². The Bertz CT molecular complexity index is 389. The summed E-state index contributed by atoms with van der Waals surface area (Å²) < 4.78 is 4.81. The third kappa shape index (κ3) is 1.90. The molecule has 1 aromatic rings. The molecule has 0 saturated carbocycles. The second-order valence-corrected chi connectivity index (χ2v) is 4.18. The standard InChI is InChI=1S/C13H17NO2/c1-10-6-3-4-7-11(10)12-8-5-9-14(12)13(15)16-2/h3-4,6-7,12H,5,8-9H2,1-2H3. The first-order chi connectivity index (χ1) is 7.74. The van der Waals surface area contributed by atoms with Crippen LogP contribution in [0.3, 0.4) is 0 Å². The lowest BCUT2D eigenvalue weighted by atomic mass is 10.00. The number of carbonyl (C=O) groups is 1. The van der Waals surface area contributed by atoms with Gasteiger partial charge in [-0.3, -0.25) is 0 Å². The minimum Gasteiger partial charge on any atom is -0.453 e. The van der Waals surface area contributed by atoms with Crippen LogP contribution in [0.25, 0.3) is 0 Å². The van der Waals surface area contributed by atoms with Gasteiger partial charge in [0.15, 0.2) is 0 Å². The van der Waals surface area contributed by atoms with Gasteiger partial charge in [-0.2, -0.15) is 0 Å². The number of hydrogen-bond acceptors (Lipinski definition) is 2. The largest absolute Gasteiger partial charge is 0.453 e. The van der Waals surface area contributed by atoms with Gasteiger partial charge < -0.3 is 9.64 Å². The van der Waals surface area contributed by atoms with Crippen molar-refractivity contribution in [3.63, 3.8) is 0 Å². The SMILES string of the molecule is COC(=O)N1CCCC1c1ccccc1C. The highest BCUT2D eigenvalue weighted by atomic mass is 16.5. The smallest absolute Gasteiger partial charge is 0.409 e. The molecule has 86 valence electrons. The van der Waals surface area contributed by atoms with Gasteiger partial charge in [-0.15, -0.1) is 0 Å². The number of carbonyl (C=O) groups excluding carboxylic acids is 1. The van der Waals surface area contributed by atoms with Gasteiger partial charge in [0.1, 0.15) is 0 Å². The lowest BCUT2D eigenvalue weighted by Gasteiger charge is -2.24. The predicted octanol–water partition coefficient (Wildman–Crippen LogP) is 2.90. The maximum absolute atomic E-state index is 11.6. The Morgan fingerprint density at radius 2 is 2.19 bits per heavy atom. The van der Waals surface area contributed by atoms with Crippen molar-refractivity contribution in [2.75, 3.05) is 13.7 Å². The van der Waals surface area contributed by atoms with Gasteiger partial charge in [0.25, 0.3) is 0 Å². The van der Waals surface area contributed by atoms with E-state index in [1.807, 2.05) is 17.0 Å². The fraction of sp³-hybridized carbons (Fsp3) is 0.462. The number of benzene rings is 1. The first-order valence-corrected chi connectivity index (χ1v) is 5.64. The molecular formula is C13H17NO2. The number of ether oxygens (including phenoxy) is 1. The van der Waals surface area contributed by atoms with Crippen LogP contribution in [0.4, 0.5) is 4.79 Å². The molecule has 0 aromatic heterocycles. The molecule has 0 bridgehead atoms. The monoisotopic (exact) mass is 219 g/mol. The molecule has 1 aromatic carbocycles. The van der Waals surface area contributed by atoms with Crippen LogP contribution in [0.1, 0.15) is 30.0 Å². The molecule has 1 heterocycles. The summed E-state index contributed by atoms with van der Waals surface area (Å²) in [5, 5.41) is 0. The fourth-order valence-corrected chi connectivity index (χ4v) is 2.39.